The number of benzene rings is 2. The highest BCUT2D eigenvalue weighted by molar-refractivity contribution is 5.88. The first-order valence-electron chi connectivity index (χ1n) is 8.85. The van der Waals surface area contributed by atoms with Crippen molar-refractivity contribution < 1.29 is 5.11 Å². The molecular weight excluding hydrogens is 308 g/mol. The monoisotopic (exact) mass is 334 g/mol. The van der Waals surface area contributed by atoms with E-state index in [0.29, 0.717) is 0 Å². The van der Waals surface area contributed by atoms with E-state index in [9.17, 15) is 5.11 Å². The Labute approximate surface area is 150 Å². The van der Waals surface area contributed by atoms with Crippen LogP contribution in [-0.2, 0) is 0 Å². The third-order valence-corrected chi connectivity index (χ3v) is 4.64. The normalized spacial score (nSPS) is 16.0. The first-order chi connectivity index (χ1) is 11.9. The summed E-state index contributed by atoms with van der Waals surface area (Å²) in [6.45, 7) is 9.98. The van der Waals surface area contributed by atoms with Gasteiger partial charge in [-0.1, -0.05) is 25.1 Å². The Balaban J connectivity index is 1.95. The van der Waals surface area contributed by atoms with Crippen molar-refractivity contribution in [3.63, 3.8) is 0 Å². The Kier molecular flexibility index (Phi) is 4.67. The van der Waals surface area contributed by atoms with Crippen LogP contribution >= 0.6 is 0 Å². The fourth-order valence-corrected chi connectivity index (χ4v) is 3.54. The molecule has 0 atom stereocenters. The van der Waals surface area contributed by atoms with Crippen LogP contribution in [0.15, 0.2) is 53.5 Å². The molecule has 3 heteroatoms. The zero-order valence-electron chi connectivity index (χ0n) is 15.5. The molecule has 130 valence electrons. The van der Waals surface area contributed by atoms with E-state index in [1.807, 2.05) is 12.3 Å². The Bertz CT molecular complexity index is 834. The van der Waals surface area contributed by atoms with E-state index in [1.54, 1.807) is 18.2 Å². The van der Waals surface area contributed by atoms with Crippen molar-refractivity contribution in [3.05, 3.63) is 59.7 Å². The van der Waals surface area contributed by atoms with Gasteiger partial charge in [-0.15, -0.1) is 0 Å². The number of phenols is 1. The molecular formula is C22H26N2O. The molecule has 0 saturated carbocycles. The number of rotatable bonds is 4. The molecule has 0 fully saturated rings. The van der Waals surface area contributed by atoms with E-state index in [-0.39, 0.29) is 11.3 Å². The quantitative estimate of drug-likeness (QED) is 0.744. The summed E-state index contributed by atoms with van der Waals surface area (Å²) in [5, 5.41) is 9.54. The standard InChI is InChI=1S/C22H26N2O/c1-5-11-24-21-10-9-17(12-20(21)16(2)14-22(24,3)4)15-23-18-7-6-8-19(25)13-18/h6-10,12-15,25H,5,11H2,1-4H3. The van der Waals surface area contributed by atoms with Gasteiger partial charge in [0.15, 0.2) is 0 Å². The third-order valence-electron chi connectivity index (χ3n) is 4.64. The number of fused-ring (bicyclic) bond motifs is 1. The van der Waals surface area contributed by atoms with Crippen LogP contribution in [0.25, 0.3) is 5.57 Å². The molecule has 0 aromatic heterocycles. The molecule has 0 unspecified atom stereocenters. The van der Waals surface area contributed by atoms with Gasteiger partial charge in [0, 0.05) is 30.1 Å². The molecule has 0 bridgehead atoms. The maximum atomic E-state index is 9.54. The van der Waals surface area contributed by atoms with Gasteiger partial charge in [-0.3, -0.25) is 4.99 Å². The molecule has 1 N–H and O–H groups in total. The zero-order chi connectivity index (χ0) is 18.0. The van der Waals surface area contributed by atoms with Gasteiger partial charge in [0.2, 0.25) is 0 Å². The van der Waals surface area contributed by atoms with Crippen LogP contribution in [0.5, 0.6) is 5.75 Å². The van der Waals surface area contributed by atoms with Gasteiger partial charge in [0.05, 0.1) is 11.2 Å². The minimum Gasteiger partial charge on any atom is -0.508 e. The molecule has 25 heavy (non-hydrogen) atoms. The van der Waals surface area contributed by atoms with Crippen LogP contribution in [0.2, 0.25) is 0 Å². The van der Waals surface area contributed by atoms with Crippen molar-refractivity contribution in [3.8, 4) is 5.75 Å². The Hall–Kier alpha value is -2.55. The van der Waals surface area contributed by atoms with E-state index in [1.165, 1.54) is 16.8 Å². The predicted molar refractivity (Wildman–Crippen MR) is 107 cm³/mol. The van der Waals surface area contributed by atoms with Crippen LogP contribution in [0.4, 0.5) is 11.4 Å². The maximum absolute atomic E-state index is 9.54. The van der Waals surface area contributed by atoms with Crippen molar-refractivity contribution >= 4 is 23.2 Å². The van der Waals surface area contributed by atoms with Crippen molar-refractivity contribution in [2.75, 3.05) is 11.4 Å². The lowest BCUT2D eigenvalue weighted by Crippen LogP contribution is -2.45. The third kappa shape index (κ3) is 3.60. The molecule has 3 rings (SSSR count). The zero-order valence-corrected chi connectivity index (χ0v) is 15.5. The fraction of sp³-hybridized carbons (Fsp3) is 0.318. The van der Waals surface area contributed by atoms with Crippen LogP contribution in [0, 0.1) is 0 Å². The summed E-state index contributed by atoms with van der Waals surface area (Å²) < 4.78 is 0. The minimum absolute atomic E-state index is 0.0320. The largest absolute Gasteiger partial charge is 0.508 e. The van der Waals surface area contributed by atoms with Crippen molar-refractivity contribution in [2.45, 2.75) is 39.7 Å². The lowest BCUT2D eigenvalue weighted by atomic mass is 9.88. The topological polar surface area (TPSA) is 35.8 Å². The van der Waals surface area contributed by atoms with E-state index in [4.69, 9.17) is 0 Å². The van der Waals surface area contributed by atoms with Gasteiger partial charge in [0.25, 0.3) is 0 Å². The molecule has 0 amide bonds. The number of hydrogen-bond acceptors (Lipinski definition) is 3. The van der Waals surface area contributed by atoms with Crippen molar-refractivity contribution in [1.82, 2.24) is 0 Å². The molecule has 2 aromatic carbocycles. The second kappa shape index (κ2) is 6.75. The number of anilines is 1. The van der Waals surface area contributed by atoms with Gasteiger partial charge in [-0.25, -0.2) is 0 Å². The highest BCUT2D eigenvalue weighted by Gasteiger charge is 2.30. The molecule has 0 radical (unpaired) electrons. The minimum atomic E-state index is 0.0320. The molecule has 3 nitrogen and oxygen atoms in total. The summed E-state index contributed by atoms with van der Waals surface area (Å²) in [5.41, 5.74) is 5.71. The molecule has 0 saturated heterocycles. The number of hydrogen-bond donors (Lipinski definition) is 1. The van der Waals surface area contributed by atoms with Gasteiger partial charge in [0.1, 0.15) is 5.75 Å². The summed E-state index contributed by atoms with van der Waals surface area (Å²) in [6, 6.07) is 13.5. The van der Waals surface area contributed by atoms with Crippen LogP contribution < -0.4 is 4.90 Å². The predicted octanol–water partition coefficient (Wildman–Crippen LogP) is 5.55. The molecule has 1 heterocycles. The molecule has 1 aliphatic heterocycles. The summed E-state index contributed by atoms with van der Waals surface area (Å²) in [5.74, 6) is 0.233. The molecule has 0 spiro atoms. The molecule has 2 aromatic rings. The number of aromatic hydroxyl groups is 1. The van der Waals surface area contributed by atoms with Crippen LogP contribution in [0.3, 0.4) is 0 Å². The highest BCUT2D eigenvalue weighted by Crippen LogP contribution is 2.39. The lowest BCUT2D eigenvalue weighted by molar-refractivity contribution is 0.475. The Morgan fingerprint density at radius 2 is 1.96 bits per heavy atom. The summed E-state index contributed by atoms with van der Waals surface area (Å²) in [4.78, 5) is 6.95. The van der Waals surface area contributed by atoms with E-state index in [0.717, 1.165) is 24.2 Å². The van der Waals surface area contributed by atoms with E-state index < -0.39 is 0 Å². The van der Waals surface area contributed by atoms with Gasteiger partial charge in [-0.2, -0.15) is 0 Å². The maximum Gasteiger partial charge on any atom is 0.117 e. The Morgan fingerprint density at radius 1 is 1.16 bits per heavy atom. The summed E-state index contributed by atoms with van der Waals surface area (Å²) >= 11 is 0. The number of allylic oxidation sites excluding steroid dienone is 1. The van der Waals surface area contributed by atoms with Crippen molar-refractivity contribution in [1.29, 1.82) is 0 Å². The smallest absolute Gasteiger partial charge is 0.117 e. The highest BCUT2D eigenvalue weighted by atomic mass is 16.3. The number of aliphatic imine (C=N–C) groups is 1. The second-order valence-corrected chi connectivity index (χ2v) is 7.19. The van der Waals surface area contributed by atoms with E-state index >= 15 is 0 Å². The fourth-order valence-electron chi connectivity index (χ4n) is 3.54. The second-order valence-electron chi connectivity index (χ2n) is 7.19. The summed E-state index contributed by atoms with van der Waals surface area (Å²) in [7, 11) is 0. The first kappa shape index (κ1) is 17.3. The SMILES string of the molecule is CCCN1c2ccc(C=Nc3cccc(O)c3)cc2C(C)=CC1(C)C. The van der Waals surface area contributed by atoms with E-state index in [2.05, 4.69) is 61.9 Å². The summed E-state index contributed by atoms with van der Waals surface area (Å²) in [6.07, 6.45) is 5.32. The number of phenolic OH excluding ortho intramolecular Hbond substituents is 1. The van der Waals surface area contributed by atoms with Gasteiger partial charge >= 0.3 is 0 Å². The van der Waals surface area contributed by atoms with Gasteiger partial charge < -0.3 is 10.0 Å². The number of nitrogens with zero attached hydrogens (tertiary/aromatic N) is 2. The lowest BCUT2D eigenvalue weighted by Gasteiger charge is -2.43. The average molecular weight is 334 g/mol. The molecule has 1 aliphatic rings. The molecule has 0 aliphatic carbocycles. The Morgan fingerprint density at radius 3 is 2.68 bits per heavy atom. The van der Waals surface area contributed by atoms with Crippen LogP contribution in [-0.4, -0.2) is 23.4 Å². The van der Waals surface area contributed by atoms with Crippen molar-refractivity contribution in [2.24, 2.45) is 4.99 Å². The average Bonchev–Trinajstić information content (AvgIpc) is 2.56. The van der Waals surface area contributed by atoms with Gasteiger partial charge in [-0.05, 0) is 62.6 Å². The van der Waals surface area contributed by atoms with Crippen LogP contribution in [0.1, 0.15) is 45.2 Å². The first-order valence-corrected chi connectivity index (χ1v) is 8.85.